The van der Waals surface area contributed by atoms with Gasteiger partial charge in [-0.3, -0.25) is 10.1 Å². The Kier molecular flexibility index (Phi) is 4.52. The van der Waals surface area contributed by atoms with Crippen LogP contribution in [0.15, 0.2) is 28.2 Å². The smallest absolute Gasteiger partial charge is 0.388 e. The van der Waals surface area contributed by atoms with Crippen molar-refractivity contribution in [3.8, 4) is 0 Å². The highest BCUT2D eigenvalue weighted by molar-refractivity contribution is 9.11. The zero-order valence-corrected chi connectivity index (χ0v) is 13.0. The number of carbonyl (C=O) groups excluding carboxylic acids is 1. The molecule has 0 spiro atoms. The van der Waals surface area contributed by atoms with Crippen molar-refractivity contribution in [2.24, 2.45) is 0 Å². The van der Waals surface area contributed by atoms with Gasteiger partial charge in [0.05, 0.1) is 15.5 Å². The molecular weight excluding hydrogens is 371 g/mol. The van der Waals surface area contributed by atoms with Gasteiger partial charge in [-0.2, -0.15) is 13.2 Å². The molecule has 9 heteroatoms. The van der Waals surface area contributed by atoms with Crippen LogP contribution in [-0.2, 0) is 6.18 Å². The third kappa shape index (κ3) is 3.73. The highest BCUT2D eigenvalue weighted by Crippen LogP contribution is 2.35. The molecule has 21 heavy (non-hydrogen) atoms. The number of carbonyl (C=O) groups is 1. The van der Waals surface area contributed by atoms with Crippen LogP contribution in [0, 0.1) is 0 Å². The number of thiazole rings is 1. The summed E-state index contributed by atoms with van der Waals surface area (Å²) in [5.74, 6) is -0.648. The van der Waals surface area contributed by atoms with Crippen LogP contribution in [0.5, 0.6) is 0 Å². The number of halogens is 4. The van der Waals surface area contributed by atoms with Crippen LogP contribution in [0.1, 0.15) is 15.9 Å². The third-order valence-electron chi connectivity index (χ3n) is 2.55. The lowest BCUT2D eigenvalue weighted by Crippen LogP contribution is -2.15. The fourth-order valence-electron chi connectivity index (χ4n) is 1.62. The summed E-state index contributed by atoms with van der Waals surface area (Å²) in [7, 11) is 1.39. The van der Waals surface area contributed by atoms with Crippen molar-refractivity contribution in [3.63, 3.8) is 0 Å². The first-order chi connectivity index (χ1) is 9.81. The van der Waals surface area contributed by atoms with Crippen LogP contribution in [0.25, 0.3) is 0 Å². The topological polar surface area (TPSA) is 54.0 Å². The molecule has 4 nitrogen and oxygen atoms in total. The number of anilines is 2. The van der Waals surface area contributed by atoms with E-state index in [0.717, 1.165) is 6.07 Å². The Morgan fingerprint density at radius 2 is 2.10 bits per heavy atom. The fraction of sp³-hybridized carbons (Fsp3) is 0.167. The molecule has 0 saturated carbocycles. The number of hydrogen-bond donors (Lipinski definition) is 2. The summed E-state index contributed by atoms with van der Waals surface area (Å²) in [5.41, 5.74) is -1.07. The molecule has 1 aromatic heterocycles. The van der Waals surface area contributed by atoms with Crippen molar-refractivity contribution in [2.75, 3.05) is 17.7 Å². The number of alkyl halides is 3. The van der Waals surface area contributed by atoms with Crippen molar-refractivity contribution in [2.45, 2.75) is 6.18 Å². The zero-order valence-electron chi connectivity index (χ0n) is 10.6. The van der Waals surface area contributed by atoms with E-state index in [4.69, 9.17) is 0 Å². The SMILES string of the molecule is CNc1ccc(C(=O)Nc2ncc(Br)s2)cc1C(F)(F)F. The normalized spacial score (nSPS) is 11.3. The van der Waals surface area contributed by atoms with Gasteiger partial charge in [-0.05, 0) is 34.1 Å². The van der Waals surface area contributed by atoms with E-state index >= 15 is 0 Å². The van der Waals surface area contributed by atoms with Crippen molar-refractivity contribution in [1.82, 2.24) is 4.98 Å². The highest BCUT2D eigenvalue weighted by atomic mass is 79.9. The van der Waals surface area contributed by atoms with Gasteiger partial charge in [0.1, 0.15) is 0 Å². The average molecular weight is 380 g/mol. The molecule has 2 aromatic rings. The lowest BCUT2D eigenvalue weighted by atomic mass is 10.1. The molecule has 0 radical (unpaired) electrons. The number of rotatable bonds is 3. The fourth-order valence-corrected chi connectivity index (χ4v) is 2.72. The maximum Gasteiger partial charge on any atom is 0.418 e. The molecule has 0 fully saturated rings. The summed E-state index contributed by atoms with van der Waals surface area (Å²) in [6.07, 6.45) is -3.05. The molecule has 112 valence electrons. The highest BCUT2D eigenvalue weighted by Gasteiger charge is 2.34. The molecule has 0 aliphatic rings. The van der Waals surface area contributed by atoms with Crippen LogP contribution in [-0.4, -0.2) is 17.9 Å². The van der Waals surface area contributed by atoms with Crippen molar-refractivity contribution in [3.05, 3.63) is 39.3 Å². The van der Waals surface area contributed by atoms with Crippen LogP contribution in [0.2, 0.25) is 0 Å². The summed E-state index contributed by atoms with van der Waals surface area (Å²) in [5, 5.41) is 5.20. The van der Waals surface area contributed by atoms with E-state index in [-0.39, 0.29) is 11.3 Å². The Bertz CT molecular complexity index is 672. The Morgan fingerprint density at radius 3 is 2.62 bits per heavy atom. The van der Waals surface area contributed by atoms with Gasteiger partial charge in [0.2, 0.25) is 0 Å². The van der Waals surface area contributed by atoms with Crippen molar-refractivity contribution < 1.29 is 18.0 Å². The van der Waals surface area contributed by atoms with Crippen LogP contribution in [0.4, 0.5) is 24.0 Å². The van der Waals surface area contributed by atoms with E-state index in [1.54, 1.807) is 0 Å². The summed E-state index contributed by atoms with van der Waals surface area (Å²) < 4.78 is 39.5. The monoisotopic (exact) mass is 379 g/mol. The molecule has 1 amide bonds. The van der Waals surface area contributed by atoms with Crippen LogP contribution in [0.3, 0.4) is 0 Å². The number of benzene rings is 1. The van der Waals surface area contributed by atoms with Gasteiger partial charge in [-0.1, -0.05) is 11.3 Å². The number of aromatic nitrogens is 1. The van der Waals surface area contributed by atoms with Gasteiger partial charge in [0.25, 0.3) is 5.91 Å². The van der Waals surface area contributed by atoms with E-state index in [2.05, 4.69) is 31.5 Å². The lowest BCUT2D eigenvalue weighted by molar-refractivity contribution is -0.136. The minimum absolute atomic E-state index is 0.0870. The summed E-state index contributed by atoms with van der Waals surface area (Å²) in [6, 6.07) is 3.35. The Hall–Kier alpha value is -1.61. The Morgan fingerprint density at radius 1 is 1.38 bits per heavy atom. The standard InChI is InChI=1S/C12H9BrF3N3OS/c1-17-8-3-2-6(4-7(8)12(14,15)16)10(20)19-11-18-5-9(13)21-11/h2-5,17H,1H3,(H,18,19,20). The molecule has 1 aromatic carbocycles. The van der Waals surface area contributed by atoms with E-state index in [9.17, 15) is 18.0 Å². The maximum atomic E-state index is 12.9. The molecule has 0 aliphatic carbocycles. The molecule has 1 heterocycles. The second kappa shape index (κ2) is 6.02. The Labute approximate surface area is 130 Å². The molecule has 0 saturated heterocycles. The number of nitrogens with zero attached hydrogens (tertiary/aromatic N) is 1. The van der Waals surface area contributed by atoms with E-state index in [0.29, 0.717) is 8.92 Å². The van der Waals surface area contributed by atoms with Gasteiger partial charge in [0, 0.05) is 18.3 Å². The van der Waals surface area contributed by atoms with E-state index in [1.165, 1.54) is 36.7 Å². The van der Waals surface area contributed by atoms with Gasteiger partial charge in [0.15, 0.2) is 5.13 Å². The van der Waals surface area contributed by atoms with Crippen LogP contribution < -0.4 is 10.6 Å². The van der Waals surface area contributed by atoms with Crippen molar-refractivity contribution >= 4 is 44.0 Å². The molecule has 2 N–H and O–H groups in total. The summed E-state index contributed by atoms with van der Waals surface area (Å²) in [4.78, 5) is 15.8. The first-order valence-electron chi connectivity index (χ1n) is 5.63. The first kappa shape index (κ1) is 15.8. The second-order valence-electron chi connectivity index (χ2n) is 3.93. The quantitative estimate of drug-likeness (QED) is 0.839. The van der Waals surface area contributed by atoms with Gasteiger partial charge in [-0.25, -0.2) is 4.98 Å². The molecule has 0 aliphatic heterocycles. The lowest BCUT2D eigenvalue weighted by Gasteiger charge is -2.13. The first-order valence-corrected chi connectivity index (χ1v) is 7.24. The summed E-state index contributed by atoms with van der Waals surface area (Å²) in [6.45, 7) is 0. The molecule has 0 unspecified atom stereocenters. The Balaban J connectivity index is 2.29. The van der Waals surface area contributed by atoms with E-state index < -0.39 is 17.6 Å². The molecule has 2 rings (SSSR count). The zero-order chi connectivity index (χ0) is 15.6. The minimum Gasteiger partial charge on any atom is -0.388 e. The minimum atomic E-state index is -4.54. The van der Waals surface area contributed by atoms with Gasteiger partial charge >= 0.3 is 6.18 Å². The number of nitrogens with one attached hydrogen (secondary N) is 2. The second-order valence-corrected chi connectivity index (χ2v) is 6.34. The predicted molar refractivity (Wildman–Crippen MR) is 78.8 cm³/mol. The largest absolute Gasteiger partial charge is 0.418 e. The molecular formula is C12H9BrF3N3OS. The van der Waals surface area contributed by atoms with Gasteiger partial charge in [-0.15, -0.1) is 0 Å². The third-order valence-corrected chi connectivity index (χ3v) is 3.95. The number of hydrogen-bond acceptors (Lipinski definition) is 4. The van der Waals surface area contributed by atoms with Crippen molar-refractivity contribution in [1.29, 1.82) is 0 Å². The van der Waals surface area contributed by atoms with Gasteiger partial charge < -0.3 is 5.32 Å². The molecule has 0 bridgehead atoms. The van der Waals surface area contributed by atoms with Crippen LogP contribution >= 0.6 is 27.3 Å². The maximum absolute atomic E-state index is 12.9. The average Bonchev–Trinajstić information content (AvgIpc) is 2.82. The summed E-state index contributed by atoms with van der Waals surface area (Å²) >= 11 is 4.35. The predicted octanol–water partition coefficient (Wildman–Crippen LogP) is 4.22. The number of amides is 1. The molecule has 0 atom stereocenters. The van der Waals surface area contributed by atoms with E-state index in [1.807, 2.05) is 0 Å².